The second-order valence-corrected chi connectivity index (χ2v) is 7.08. The summed E-state index contributed by atoms with van der Waals surface area (Å²) in [6.45, 7) is 1.23. The molecular weight excluding hydrogens is 342 g/mol. The lowest BCUT2D eigenvalue weighted by atomic mass is 10.0. The summed E-state index contributed by atoms with van der Waals surface area (Å²) in [5.74, 6) is 0.142. The fourth-order valence-corrected chi connectivity index (χ4v) is 3.48. The molecule has 0 aliphatic carbocycles. The predicted octanol–water partition coefficient (Wildman–Crippen LogP) is 5.61. The van der Waals surface area contributed by atoms with Crippen LogP contribution in [0.1, 0.15) is 16.7 Å². The van der Waals surface area contributed by atoms with Crippen LogP contribution in [0.2, 0.25) is 0 Å². The van der Waals surface area contributed by atoms with Crippen molar-refractivity contribution >= 4 is 16.7 Å². The highest BCUT2D eigenvalue weighted by Gasteiger charge is 2.15. The minimum atomic E-state index is 0.142. The molecule has 4 aromatic carbocycles. The summed E-state index contributed by atoms with van der Waals surface area (Å²) >= 11 is 0. The molecule has 2 nitrogen and oxygen atoms in total. The summed E-state index contributed by atoms with van der Waals surface area (Å²) in [4.78, 5) is 15.1. The Hall–Kier alpha value is -3.39. The Morgan fingerprint density at radius 2 is 1.11 bits per heavy atom. The van der Waals surface area contributed by atoms with Gasteiger partial charge in [0.25, 0.3) is 0 Å². The third kappa shape index (κ3) is 4.47. The minimum absolute atomic E-state index is 0.142. The van der Waals surface area contributed by atoms with E-state index in [4.69, 9.17) is 0 Å². The van der Waals surface area contributed by atoms with Crippen LogP contribution < -0.4 is 0 Å². The number of hydrogen-bond donors (Lipinski definition) is 0. The van der Waals surface area contributed by atoms with Crippen molar-refractivity contribution in [2.75, 3.05) is 0 Å². The van der Waals surface area contributed by atoms with Crippen LogP contribution in [0.25, 0.3) is 10.8 Å². The van der Waals surface area contributed by atoms with E-state index < -0.39 is 0 Å². The van der Waals surface area contributed by atoms with E-state index in [1.807, 2.05) is 53.4 Å². The molecule has 4 aromatic rings. The van der Waals surface area contributed by atoms with E-state index in [1.165, 1.54) is 10.8 Å². The van der Waals surface area contributed by atoms with Gasteiger partial charge >= 0.3 is 0 Å². The Morgan fingerprint density at radius 3 is 1.71 bits per heavy atom. The van der Waals surface area contributed by atoms with Gasteiger partial charge in [-0.25, -0.2) is 0 Å². The molecule has 0 aliphatic heterocycles. The summed E-state index contributed by atoms with van der Waals surface area (Å²) in [6, 6.07) is 34.9. The number of fused-ring (bicyclic) bond motifs is 1. The Labute approximate surface area is 166 Å². The van der Waals surface area contributed by atoms with Gasteiger partial charge in [0.05, 0.1) is 6.42 Å². The molecule has 138 valence electrons. The lowest BCUT2D eigenvalue weighted by molar-refractivity contribution is -0.131. The van der Waals surface area contributed by atoms with Crippen LogP contribution in [0, 0.1) is 0 Å². The maximum absolute atomic E-state index is 13.2. The molecule has 28 heavy (non-hydrogen) atoms. The van der Waals surface area contributed by atoms with Gasteiger partial charge in [0, 0.05) is 13.1 Å². The minimum Gasteiger partial charge on any atom is -0.334 e. The summed E-state index contributed by atoms with van der Waals surface area (Å²) < 4.78 is 0. The molecule has 0 saturated carbocycles. The topological polar surface area (TPSA) is 20.3 Å². The molecule has 2 heteroatoms. The maximum atomic E-state index is 13.2. The van der Waals surface area contributed by atoms with E-state index in [0.29, 0.717) is 19.5 Å². The van der Waals surface area contributed by atoms with Gasteiger partial charge in [-0.15, -0.1) is 0 Å². The number of benzene rings is 4. The summed E-state index contributed by atoms with van der Waals surface area (Å²) in [6.07, 6.45) is 0.407. The number of amides is 1. The zero-order valence-electron chi connectivity index (χ0n) is 15.8. The first kappa shape index (κ1) is 18.0. The van der Waals surface area contributed by atoms with Crippen molar-refractivity contribution in [1.82, 2.24) is 4.90 Å². The maximum Gasteiger partial charge on any atom is 0.227 e. The Balaban J connectivity index is 1.55. The summed E-state index contributed by atoms with van der Waals surface area (Å²) in [5.41, 5.74) is 3.34. The standard InChI is InChI=1S/C26H23NO/c28-26(18-23-15-16-24-13-7-8-14-25(24)17-23)27(19-21-9-3-1-4-10-21)20-22-11-5-2-6-12-22/h1-17H,18-20H2. The zero-order chi connectivity index (χ0) is 19.2. The van der Waals surface area contributed by atoms with Crippen molar-refractivity contribution in [3.05, 3.63) is 120 Å². The van der Waals surface area contributed by atoms with Gasteiger partial charge in [-0.05, 0) is 27.5 Å². The van der Waals surface area contributed by atoms with Gasteiger partial charge in [0.1, 0.15) is 0 Å². The molecule has 0 unspecified atom stereocenters. The van der Waals surface area contributed by atoms with Crippen molar-refractivity contribution in [2.45, 2.75) is 19.5 Å². The first-order valence-corrected chi connectivity index (χ1v) is 9.61. The van der Waals surface area contributed by atoms with Gasteiger partial charge in [-0.1, -0.05) is 103 Å². The number of nitrogens with zero attached hydrogens (tertiary/aromatic N) is 1. The predicted molar refractivity (Wildman–Crippen MR) is 115 cm³/mol. The molecule has 0 spiro atoms. The summed E-state index contributed by atoms with van der Waals surface area (Å²) in [7, 11) is 0. The second-order valence-electron chi connectivity index (χ2n) is 7.08. The van der Waals surface area contributed by atoms with Crippen LogP contribution in [0.3, 0.4) is 0 Å². The fourth-order valence-electron chi connectivity index (χ4n) is 3.48. The number of carbonyl (C=O) groups excluding carboxylic acids is 1. The molecule has 0 bridgehead atoms. The van der Waals surface area contributed by atoms with E-state index in [0.717, 1.165) is 16.7 Å². The lowest BCUT2D eigenvalue weighted by Gasteiger charge is -2.23. The lowest BCUT2D eigenvalue weighted by Crippen LogP contribution is -2.31. The van der Waals surface area contributed by atoms with Crippen LogP contribution >= 0.6 is 0 Å². The number of rotatable bonds is 6. The molecule has 0 atom stereocenters. The monoisotopic (exact) mass is 365 g/mol. The fraction of sp³-hybridized carbons (Fsp3) is 0.115. The Kier molecular flexibility index (Phi) is 5.48. The smallest absolute Gasteiger partial charge is 0.227 e. The van der Waals surface area contributed by atoms with Gasteiger partial charge in [0.15, 0.2) is 0 Å². The van der Waals surface area contributed by atoms with Gasteiger partial charge in [-0.3, -0.25) is 4.79 Å². The van der Waals surface area contributed by atoms with Crippen LogP contribution in [0.15, 0.2) is 103 Å². The van der Waals surface area contributed by atoms with Crippen LogP contribution in [-0.4, -0.2) is 10.8 Å². The largest absolute Gasteiger partial charge is 0.334 e. The third-order valence-corrected chi connectivity index (χ3v) is 4.95. The van der Waals surface area contributed by atoms with Crippen molar-refractivity contribution in [2.24, 2.45) is 0 Å². The average Bonchev–Trinajstić information content (AvgIpc) is 2.75. The Morgan fingerprint density at radius 1 is 0.571 bits per heavy atom. The molecule has 4 rings (SSSR count). The van der Waals surface area contributed by atoms with E-state index >= 15 is 0 Å². The van der Waals surface area contributed by atoms with Crippen LogP contribution in [-0.2, 0) is 24.3 Å². The molecule has 0 fully saturated rings. The summed E-state index contributed by atoms with van der Waals surface area (Å²) in [5, 5.41) is 2.37. The highest BCUT2D eigenvalue weighted by molar-refractivity contribution is 5.85. The second kappa shape index (κ2) is 8.53. The first-order chi connectivity index (χ1) is 13.8. The highest BCUT2D eigenvalue weighted by Crippen LogP contribution is 2.18. The SMILES string of the molecule is O=C(Cc1ccc2ccccc2c1)N(Cc1ccccc1)Cc1ccccc1. The van der Waals surface area contributed by atoms with Crippen molar-refractivity contribution < 1.29 is 4.79 Å². The molecule has 0 heterocycles. The number of hydrogen-bond acceptors (Lipinski definition) is 1. The van der Waals surface area contributed by atoms with E-state index in [1.54, 1.807) is 0 Å². The van der Waals surface area contributed by atoms with Gasteiger partial charge < -0.3 is 4.90 Å². The third-order valence-electron chi connectivity index (χ3n) is 4.95. The van der Waals surface area contributed by atoms with Gasteiger partial charge in [-0.2, -0.15) is 0 Å². The molecule has 0 radical (unpaired) electrons. The molecular formula is C26H23NO. The Bertz CT molecular complexity index is 1020. The quantitative estimate of drug-likeness (QED) is 0.435. The molecule has 0 saturated heterocycles. The van der Waals surface area contributed by atoms with E-state index in [9.17, 15) is 4.79 Å². The van der Waals surface area contributed by atoms with Crippen LogP contribution in [0.5, 0.6) is 0 Å². The molecule has 1 amide bonds. The highest BCUT2D eigenvalue weighted by atomic mass is 16.2. The van der Waals surface area contributed by atoms with E-state index in [-0.39, 0.29) is 5.91 Å². The van der Waals surface area contributed by atoms with Crippen molar-refractivity contribution in [3.63, 3.8) is 0 Å². The molecule has 0 N–H and O–H groups in total. The average molecular weight is 365 g/mol. The first-order valence-electron chi connectivity index (χ1n) is 9.61. The molecule has 0 aromatic heterocycles. The zero-order valence-corrected chi connectivity index (χ0v) is 15.8. The van der Waals surface area contributed by atoms with Gasteiger partial charge in [0.2, 0.25) is 5.91 Å². The van der Waals surface area contributed by atoms with Crippen LogP contribution in [0.4, 0.5) is 0 Å². The van der Waals surface area contributed by atoms with Crippen molar-refractivity contribution in [1.29, 1.82) is 0 Å². The molecule has 0 aliphatic rings. The van der Waals surface area contributed by atoms with E-state index in [2.05, 4.69) is 54.6 Å². The normalized spacial score (nSPS) is 10.7. The number of carbonyl (C=O) groups is 1. The van der Waals surface area contributed by atoms with Crippen molar-refractivity contribution in [3.8, 4) is 0 Å².